The molecule has 0 unspecified atom stereocenters. The summed E-state index contributed by atoms with van der Waals surface area (Å²) in [5.41, 5.74) is 1.12. The van der Waals surface area contributed by atoms with E-state index >= 15 is 0 Å². The largest absolute Gasteiger partial charge is 0.357 e. The zero-order chi connectivity index (χ0) is 17.7. The lowest BCUT2D eigenvalue weighted by molar-refractivity contribution is -0.120. The van der Waals surface area contributed by atoms with Crippen LogP contribution in [0.3, 0.4) is 0 Å². The number of nitrogens with zero attached hydrogens (tertiary/aromatic N) is 5. The van der Waals surface area contributed by atoms with E-state index in [1.807, 2.05) is 25.1 Å². The van der Waals surface area contributed by atoms with Gasteiger partial charge in [-0.25, -0.2) is 0 Å². The number of aryl methyl sites for hydroxylation is 1. The highest BCUT2D eigenvalue weighted by Crippen LogP contribution is 2.19. The van der Waals surface area contributed by atoms with E-state index in [-0.39, 0.29) is 35.3 Å². The number of anilines is 1. The summed E-state index contributed by atoms with van der Waals surface area (Å²) in [6.45, 7) is 12.0. The SMILES string of the molecule is CCNC(=NCCC(C)(C)C)N1CCN(c2cnn(C)c2)C(=O)C1.I. The molecule has 1 fully saturated rings. The van der Waals surface area contributed by atoms with Crippen LogP contribution in [0.25, 0.3) is 0 Å². The number of guanidine groups is 1. The number of nitrogens with one attached hydrogen (secondary N) is 1. The second-order valence-corrected chi connectivity index (χ2v) is 7.39. The van der Waals surface area contributed by atoms with Crippen LogP contribution in [-0.4, -0.2) is 59.3 Å². The molecule has 1 aliphatic rings. The average Bonchev–Trinajstić information content (AvgIpc) is 2.91. The lowest BCUT2D eigenvalue weighted by Crippen LogP contribution is -2.55. The van der Waals surface area contributed by atoms with Gasteiger partial charge in [-0.15, -0.1) is 24.0 Å². The summed E-state index contributed by atoms with van der Waals surface area (Å²) in [4.78, 5) is 21.1. The highest BCUT2D eigenvalue weighted by Gasteiger charge is 2.27. The van der Waals surface area contributed by atoms with Crippen molar-refractivity contribution in [3.05, 3.63) is 12.4 Å². The van der Waals surface area contributed by atoms with Crippen molar-refractivity contribution in [2.75, 3.05) is 37.6 Å². The molecule has 7 nitrogen and oxygen atoms in total. The summed E-state index contributed by atoms with van der Waals surface area (Å²) in [6, 6.07) is 0. The number of aromatic nitrogens is 2. The summed E-state index contributed by atoms with van der Waals surface area (Å²) in [5, 5.41) is 7.45. The molecule has 1 aromatic heterocycles. The second kappa shape index (κ2) is 9.40. The molecule has 0 aromatic carbocycles. The van der Waals surface area contributed by atoms with E-state index < -0.39 is 0 Å². The van der Waals surface area contributed by atoms with Gasteiger partial charge in [0.05, 0.1) is 11.9 Å². The van der Waals surface area contributed by atoms with Gasteiger partial charge < -0.3 is 15.1 Å². The number of piperazine rings is 1. The van der Waals surface area contributed by atoms with Crippen molar-refractivity contribution in [2.24, 2.45) is 17.5 Å². The van der Waals surface area contributed by atoms with Crippen molar-refractivity contribution in [1.29, 1.82) is 0 Å². The Balaban J connectivity index is 0.00000312. The van der Waals surface area contributed by atoms with E-state index in [4.69, 9.17) is 4.99 Å². The van der Waals surface area contributed by atoms with Gasteiger partial charge in [0, 0.05) is 39.4 Å². The molecule has 2 heterocycles. The minimum absolute atomic E-state index is 0. The predicted octanol–water partition coefficient (Wildman–Crippen LogP) is 2.09. The summed E-state index contributed by atoms with van der Waals surface area (Å²) < 4.78 is 1.72. The molecule has 0 saturated carbocycles. The molecule has 0 spiro atoms. The monoisotopic (exact) mass is 462 g/mol. The standard InChI is InChI=1S/C17H30N6O.HI/c1-6-18-16(19-8-7-17(2,3)4)22-9-10-23(15(24)13-22)14-11-20-21(5)12-14;/h11-12H,6-10,13H2,1-5H3,(H,18,19);1H. The van der Waals surface area contributed by atoms with Crippen molar-refractivity contribution >= 4 is 41.5 Å². The quantitative estimate of drug-likeness (QED) is 0.423. The molecule has 1 N–H and O–H groups in total. The first-order valence-corrected chi connectivity index (χ1v) is 8.62. The van der Waals surface area contributed by atoms with Crippen molar-refractivity contribution < 1.29 is 4.79 Å². The van der Waals surface area contributed by atoms with Crippen LogP contribution in [0.15, 0.2) is 17.4 Å². The van der Waals surface area contributed by atoms with E-state index in [1.54, 1.807) is 15.8 Å². The number of halogens is 1. The minimum atomic E-state index is 0. The van der Waals surface area contributed by atoms with Crippen molar-refractivity contribution in [3.63, 3.8) is 0 Å². The number of hydrogen-bond acceptors (Lipinski definition) is 3. The maximum Gasteiger partial charge on any atom is 0.246 e. The molecule has 1 aliphatic heterocycles. The van der Waals surface area contributed by atoms with E-state index in [2.05, 4.69) is 31.2 Å². The first kappa shape index (κ1) is 21.7. The van der Waals surface area contributed by atoms with Gasteiger partial charge in [0.25, 0.3) is 0 Å². The summed E-state index contributed by atoms with van der Waals surface area (Å²) in [6.07, 6.45) is 4.62. The minimum Gasteiger partial charge on any atom is -0.357 e. The van der Waals surface area contributed by atoms with Crippen LogP contribution in [0.2, 0.25) is 0 Å². The van der Waals surface area contributed by atoms with Gasteiger partial charge in [-0.1, -0.05) is 20.8 Å². The Morgan fingerprint density at radius 3 is 2.60 bits per heavy atom. The third-order valence-corrected chi connectivity index (χ3v) is 3.98. The van der Waals surface area contributed by atoms with Gasteiger partial charge in [-0.05, 0) is 18.8 Å². The zero-order valence-corrected chi connectivity index (χ0v) is 18.3. The maximum absolute atomic E-state index is 12.5. The molecular formula is C17H31IN6O. The molecule has 25 heavy (non-hydrogen) atoms. The van der Waals surface area contributed by atoms with Crippen LogP contribution in [0.4, 0.5) is 5.69 Å². The first-order chi connectivity index (χ1) is 11.3. The van der Waals surface area contributed by atoms with E-state index in [0.717, 1.165) is 37.7 Å². The lowest BCUT2D eigenvalue weighted by Gasteiger charge is -2.35. The van der Waals surface area contributed by atoms with Gasteiger partial charge in [0.1, 0.15) is 6.54 Å². The number of aliphatic imine (C=N–C) groups is 1. The molecule has 0 aliphatic carbocycles. The topological polar surface area (TPSA) is 65.8 Å². The number of hydrogen-bond donors (Lipinski definition) is 1. The van der Waals surface area contributed by atoms with Crippen LogP contribution < -0.4 is 10.2 Å². The number of carbonyl (C=O) groups excluding carboxylic acids is 1. The van der Waals surface area contributed by atoms with Gasteiger partial charge in [0.15, 0.2) is 5.96 Å². The fraction of sp³-hybridized carbons (Fsp3) is 0.706. The molecule has 8 heteroatoms. The van der Waals surface area contributed by atoms with Crippen LogP contribution in [-0.2, 0) is 11.8 Å². The molecule has 1 amide bonds. The summed E-state index contributed by atoms with van der Waals surface area (Å²) in [5.74, 6) is 0.914. The highest BCUT2D eigenvalue weighted by molar-refractivity contribution is 14.0. The lowest BCUT2D eigenvalue weighted by atomic mass is 9.92. The number of amides is 1. The molecule has 0 atom stereocenters. The van der Waals surface area contributed by atoms with Gasteiger partial charge >= 0.3 is 0 Å². The van der Waals surface area contributed by atoms with Gasteiger partial charge in [-0.3, -0.25) is 14.5 Å². The third-order valence-electron chi connectivity index (χ3n) is 3.98. The van der Waals surface area contributed by atoms with E-state index in [0.29, 0.717) is 13.1 Å². The smallest absolute Gasteiger partial charge is 0.246 e. The van der Waals surface area contributed by atoms with Crippen molar-refractivity contribution in [2.45, 2.75) is 34.1 Å². The van der Waals surface area contributed by atoms with Crippen LogP contribution in [0.5, 0.6) is 0 Å². The molecular weight excluding hydrogens is 431 g/mol. The van der Waals surface area contributed by atoms with Gasteiger partial charge in [0.2, 0.25) is 5.91 Å². The highest BCUT2D eigenvalue weighted by atomic mass is 127. The maximum atomic E-state index is 12.5. The van der Waals surface area contributed by atoms with E-state index in [1.165, 1.54) is 0 Å². The molecule has 0 bridgehead atoms. The second-order valence-electron chi connectivity index (χ2n) is 7.39. The van der Waals surface area contributed by atoms with Crippen molar-refractivity contribution in [3.8, 4) is 0 Å². The summed E-state index contributed by atoms with van der Waals surface area (Å²) >= 11 is 0. The Bertz CT molecular complexity index is 592. The molecule has 2 rings (SSSR count). The number of rotatable bonds is 4. The fourth-order valence-corrected chi connectivity index (χ4v) is 2.60. The molecule has 1 saturated heterocycles. The average molecular weight is 462 g/mol. The predicted molar refractivity (Wildman–Crippen MR) is 113 cm³/mol. The Hall–Kier alpha value is -1.32. The summed E-state index contributed by atoms with van der Waals surface area (Å²) in [7, 11) is 1.86. The van der Waals surface area contributed by atoms with Gasteiger partial charge in [-0.2, -0.15) is 5.10 Å². The first-order valence-electron chi connectivity index (χ1n) is 8.62. The number of carbonyl (C=O) groups is 1. The van der Waals surface area contributed by atoms with Crippen LogP contribution >= 0.6 is 24.0 Å². The zero-order valence-electron chi connectivity index (χ0n) is 15.9. The van der Waals surface area contributed by atoms with Crippen LogP contribution in [0.1, 0.15) is 34.1 Å². The fourth-order valence-electron chi connectivity index (χ4n) is 2.60. The Kier molecular flexibility index (Phi) is 8.17. The molecule has 0 radical (unpaired) electrons. The normalized spacial score (nSPS) is 16.0. The third kappa shape index (κ3) is 6.48. The molecule has 142 valence electrons. The van der Waals surface area contributed by atoms with E-state index in [9.17, 15) is 4.79 Å². The Morgan fingerprint density at radius 1 is 1.36 bits per heavy atom. The Morgan fingerprint density at radius 2 is 2.08 bits per heavy atom. The Labute approximate surface area is 167 Å². The van der Waals surface area contributed by atoms with Crippen LogP contribution in [0, 0.1) is 5.41 Å². The van der Waals surface area contributed by atoms with Crippen molar-refractivity contribution in [1.82, 2.24) is 20.0 Å². The molecule has 1 aromatic rings.